The largest absolute Gasteiger partial charge is 0.507 e. The lowest BCUT2D eigenvalue weighted by Gasteiger charge is -2.23. The topological polar surface area (TPSA) is 60.7 Å². The number of benzene rings is 3. The first-order valence-electron chi connectivity index (χ1n) is 11.6. The van der Waals surface area contributed by atoms with Gasteiger partial charge in [-0.1, -0.05) is 84.0 Å². The molecule has 3 N–H and O–H groups in total. The number of para-hydroxylation sites is 1. The maximum atomic E-state index is 11.1. The molecule has 0 bridgehead atoms. The molecule has 0 aliphatic heterocycles. The highest BCUT2D eigenvalue weighted by Gasteiger charge is 2.22. The first kappa shape index (κ1) is 24.7. The summed E-state index contributed by atoms with van der Waals surface area (Å²) < 4.78 is 0. The minimum atomic E-state index is -0.170. The predicted molar refractivity (Wildman–Crippen MR) is 137 cm³/mol. The number of aromatic hydroxyl groups is 3. The summed E-state index contributed by atoms with van der Waals surface area (Å²) in [6.45, 7) is 16.4. The minimum Gasteiger partial charge on any atom is -0.507 e. The van der Waals surface area contributed by atoms with Gasteiger partial charge in [0.1, 0.15) is 17.2 Å². The van der Waals surface area contributed by atoms with Crippen LogP contribution in [0.25, 0.3) is 0 Å². The lowest BCUT2D eigenvalue weighted by atomic mass is 9.83. The van der Waals surface area contributed by atoms with Gasteiger partial charge in [-0.15, -0.1) is 0 Å². The second-order valence-corrected chi connectivity index (χ2v) is 11.4. The van der Waals surface area contributed by atoms with Crippen molar-refractivity contribution in [2.75, 3.05) is 0 Å². The molecule has 0 fully saturated rings. The normalized spacial score (nSPS) is 12.2. The van der Waals surface area contributed by atoms with Gasteiger partial charge < -0.3 is 15.3 Å². The van der Waals surface area contributed by atoms with Crippen LogP contribution in [0.1, 0.15) is 86.1 Å². The first-order valence-corrected chi connectivity index (χ1v) is 11.6. The van der Waals surface area contributed by atoms with Gasteiger partial charge in [0.25, 0.3) is 0 Å². The minimum absolute atomic E-state index is 0.170. The van der Waals surface area contributed by atoms with Crippen molar-refractivity contribution in [2.24, 2.45) is 0 Å². The highest BCUT2D eigenvalue weighted by molar-refractivity contribution is 5.52. The van der Waals surface area contributed by atoms with E-state index in [1.807, 2.05) is 56.3 Å². The Bertz CT molecular complexity index is 1080. The maximum Gasteiger partial charge on any atom is 0.122 e. The summed E-state index contributed by atoms with van der Waals surface area (Å²) in [6, 6.07) is 14.0. The van der Waals surface area contributed by atoms with E-state index in [9.17, 15) is 15.3 Å². The Morgan fingerprint density at radius 1 is 0.576 bits per heavy atom. The Balaban J connectivity index is 1.96. The van der Waals surface area contributed by atoms with Gasteiger partial charge in [-0.05, 0) is 69.2 Å². The van der Waals surface area contributed by atoms with Crippen LogP contribution in [0.2, 0.25) is 0 Å². The van der Waals surface area contributed by atoms with Crippen LogP contribution in [0.5, 0.6) is 17.2 Å². The Labute approximate surface area is 198 Å². The molecule has 3 aromatic carbocycles. The molecule has 0 unspecified atom stereocenters. The maximum absolute atomic E-state index is 11.1. The number of aryl methyl sites for hydroxylation is 2. The fraction of sp³-hybridized carbons (Fsp3) is 0.400. The molecule has 0 aliphatic carbocycles. The Morgan fingerprint density at radius 2 is 0.939 bits per heavy atom. The van der Waals surface area contributed by atoms with E-state index in [0.717, 1.165) is 44.5 Å². The summed E-state index contributed by atoms with van der Waals surface area (Å²) >= 11 is 0. The van der Waals surface area contributed by atoms with E-state index in [4.69, 9.17) is 0 Å². The van der Waals surface area contributed by atoms with Gasteiger partial charge >= 0.3 is 0 Å². The highest BCUT2D eigenvalue weighted by atomic mass is 16.3. The second kappa shape index (κ2) is 8.78. The lowest BCUT2D eigenvalue weighted by Crippen LogP contribution is -2.13. The molecule has 0 radical (unpaired) electrons. The van der Waals surface area contributed by atoms with E-state index >= 15 is 0 Å². The van der Waals surface area contributed by atoms with E-state index in [2.05, 4.69) is 41.5 Å². The predicted octanol–water partition coefficient (Wildman–Crippen LogP) is 7.20. The third kappa shape index (κ3) is 5.35. The summed E-state index contributed by atoms with van der Waals surface area (Å²) in [5, 5.41) is 32.2. The zero-order valence-electron chi connectivity index (χ0n) is 21.3. The third-order valence-electron chi connectivity index (χ3n) is 6.33. The quantitative estimate of drug-likeness (QED) is 0.397. The van der Waals surface area contributed by atoms with Crippen LogP contribution >= 0.6 is 0 Å². The van der Waals surface area contributed by atoms with Crippen LogP contribution in [0.3, 0.4) is 0 Å². The SMILES string of the molecule is Cc1cc(Cc2cccc(Cc3cc(C)c(O)c(C(C)(C)C)c3)c2O)cc(C(C)(C)C)c1O. The van der Waals surface area contributed by atoms with Gasteiger partial charge in [0.05, 0.1) is 0 Å². The van der Waals surface area contributed by atoms with Crippen LogP contribution in [0, 0.1) is 13.8 Å². The van der Waals surface area contributed by atoms with Crippen molar-refractivity contribution in [1.82, 2.24) is 0 Å². The van der Waals surface area contributed by atoms with E-state index in [1.165, 1.54) is 0 Å². The molecule has 0 heterocycles. The van der Waals surface area contributed by atoms with Crippen molar-refractivity contribution in [2.45, 2.75) is 79.1 Å². The molecular formula is C30H38O3. The van der Waals surface area contributed by atoms with Crippen molar-refractivity contribution >= 4 is 0 Å². The number of phenolic OH excluding ortho intramolecular Hbond substituents is 3. The highest BCUT2D eigenvalue weighted by Crippen LogP contribution is 2.37. The van der Waals surface area contributed by atoms with Crippen LogP contribution in [-0.2, 0) is 23.7 Å². The molecule has 33 heavy (non-hydrogen) atoms. The Hall–Kier alpha value is -2.94. The Kier molecular flexibility index (Phi) is 6.57. The average molecular weight is 447 g/mol. The number of hydrogen-bond acceptors (Lipinski definition) is 3. The molecule has 0 aromatic heterocycles. The lowest BCUT2D eigenvalue weighted by molar-refractivity contribution is 0.442. The van der Waals surface area contributed by atoms with Crippen molar-refractivity contribution in [3.8, 4) is 17.2 Å². The van der Waals surface area contributed by atoms with Crippen molar-refractivity contribution in [1.29, 1.82) is 0 Å². The zero-order valence-corrected chi connectivity index (χ0v) is 21.3. The summed E-state index contributed by atoms with van der Waals surface area (Å²) in [7, 11) is 0. The average Bonchev–Trinajstić information content (AvgIpc) is 2.68. The van der Waals surface area contributed by atoms with Gasteiger partial charge in [-0.3, -0.25) is 0 Å². The fourth-order valence-corrected chi connectivity index (χ4v) is 4.43. The van der Waals surface area contributed by atoms with E-state index < -0.39 is 0 Å². The van der Waals surface area contributed by atoms with Crippen LogP contribution in [0.4, 0.5) is 0 Å². The number of hydrogen-bond donors (Lipinski definition) is 3. The monoisotopic (exact) mass is 446 g/mol. The molecule has 3 nitrogen and oxygen atoms in total. The van der Waals surface area contributed by atoms with E-state index in [0.29, 0.717) is 30.1 Å². The molecule has 3 rings (SSSR count). The van der Waals surface area contributed by atoms with Gasteiger partial charge in [-0.25, -0.2) is 0 Å². The van der Waals surface area contributed by atoms with Crippen LogP contribution < -0.4 is 0 Å². The second-order valence-electron chi connectivity index (χ2n) is 11.4. The van der Waals surface area contributed by atoms with E-state index in [1.54, 1.807) is 0 Å². The standard InChI is InChI=1S/C30H38O3/c1-18-12-20(16-24(26(18)31)29(3,4)5)14-22-10-9-11-23(28(22)33)15-21-13-19(2)27(32)25(17-21)30(6,7)8/h9-13,16-17,31-33H,14-15H2,1-8H3. The molecule has 0 aliphatic rings. The Morgan fingerprint density at radius 3 is 1.27 bits per heavy atom. The van der Waals surface area contributed by atoms with E-state index in [-0.39, 0.29) is 10.8 Å². The van der Waals surface area contributed by atoms with Gasteiger partial charge in [0.15, 0.2) is 0 Å². The molecular weight excluding hydrogens is 408 g/mol. The molecule has 0 atom stereocenters. The summed E-state index contributed by atoms with van der Waals surface area (Å²) in [6.07, 6.45) is 1.18. The van der Waals surface area contributed by atoms with Gasteiger partial charge in [0.2, 0.25) is 0 Å². The molecule has 0 saturated heterocycles. The molecule has 0 saturated carbocycles. The first-order chi connectivity index (χ1) is 15.2. The fourth-order valence-electron chi connectivity index (χ4n) is 4.43. The smallest absolute Gasteiger partial charge is 0.122 e. The summed E-state index contributed by atoms with van der Waals surface area (Å²) in [5.41, 5.74) is 7.06. The molecule has 0 spiro atoms. The van der Waals surface area contributed by atoms with Gasteiger partial charge in [-0.2, -0.15) is 0 Å². The van der Waals surface area contributed by atoms with Crippen molar-refractivity contribution < 1.29 is 15.3 Å². The number of phenols is 3. The number of rotatable bonds is 4. The molecule has 176 valence electrons. The van der Waals surface area contributed by atoms with Crippen LogP contribution in [0.15, 0.2) is 42.5 Å². The molecule has 3 heteroatoms. The molecule has 0 amide bonds. The van der Waals surface area contributed by atoms with Crippen LogP contribution in [-0.4, -0.2) is 15.3 Å². The summed E-state index contributed by atoms with van der Waals surface area (Å²) in [4.78, 5) is 0. The van der Waals surface area contributed by atoms with Crippen molar-refractivity contribution in [3.05, 3.63) is 87.0 Å². The summed E-state index contributed by atoms with van der Waals surface area (Å²) in [5.74, 6) is 1.01. The zero-order chi connectivity index (χ0) is 24.7. The molecule has 3 aromatic rings. The van der Waals surface area contributed by atoms with Crippen molar-refractivity contribution in [3.63, 3.8) is 0 Å². The van der Waals surface area contributed by atoms with Gasteiger partial charge in [0, 0.05) is 12.8 Å². The third-order valence-corrected chi connectivity index (χ3v) is 6.33.